The minimum atomic E-state index is -5.07. The van der Waals surface area contributed by atoms with Crippen LogP contribution < -0.4 is 4.74 Å². The van der Waals surface area contributed by atoms with Crippen molar-refractivity contribution < 1.29 is 35.9 Å². The van der Waals surface area contributed by atoms with Gasteiger partial charge in [-0.1, -0.05) is 0 Å². The third-order valence-corrected chi connectivity index (χ3v) is 2.19. The number of ketones is 1. The number of benzene rings is 1. The van der Waals surface area contributed by atoms with Crippen molar-refractivity contribution in [3.8, 4) is 5.75 Å². The quantitative estimate of drug-likeness (QED) is 0.479. The zero-order valence-electron chi connectivity index (χ0n) is 8.90. The molecule has 2 nitrogen and oxygen atoms in total. The summed E-state index contributed by atoms with van der Waals surface area (Å²) in [4.78, 5) is 11.2. The molecule has 0 aliphatic heterocycles. The van der Waals surface area contributed by atoms with Crippen LogP contribution in [0.25, 0.3) is 0 Å². The summed E-state index contributed by atoms with van der Waals surface area (Å²) in [5.74, 6) is -2.87. The van der Waals surface area contributed by atoms with Gasteiger partial charge in [-0.25, -0.2) is 0 Å². The van der Waals surface area contributed by atoms with E-state index in [0.29, 0.717) is 18.2 Å². The molecule has 0 spiro atoms. The zero-order chi connectivity index (χ0) is 14.8. The minimum Gasteiger partial charge on any atom is -0.406 e. The summed E-state index contributed by atoms with van der Waals surface area (Å²) >= 11 is 5.11. The minimum absolute atomic E-state index is 0.334. The molecule has 9 heteroatoms. The Balaban J connectivity index is 3.28. The molecule has 1 aromatic carbocycles. The summed E-state index contributed by atoms with van der Waals surface area (Å²) in [5, 5.41) is 0. The van der Waals surface area contributed by atoms with Crippen molar-refractivity contribution in [2.75, 3.05) is 5.88 Å². The molecule has 0 saturated heterocycles. The zero-order valence-corrected chi connectivity index (χ0v) is 9.66. The molecule has 0 saturated carbocycles. The molecule has 0 N–H and O–H groups in total. The highest BCUT2D eigenvalue weighted by Crippen LogP contribution is 2.35. The van der Waals surface area contributed by atoms with Gasteiger partial charge in [0.1, 0.15) is 5.75 Å². The molecule has 0 heterocycles. The SMILES string of the molecule is O=C(CCl)c1cc(OC(F)(F)F)ccc1C(F)(F)F. The average molecular weight is 307 g/mol. The van der Waals surface area contributed by atoms with Crippen LogP contribution in [0.2, 0.25) is 0 Å². The van der Waals surface area contributed by atoms with Crippen LogP contribution in [0.5, 0.6) is 5.75 Å². The number of alkyl halides is 7. The lowest BCUT2D eigenvalue weighted by Gasteiger charge is -2.14. The normalized spacial score (nSPS) is 12.4. The van der Waals surface area contributed by atoms with Crippen molar-refractivity contribution in [1.29, 1.82) is 0 Å². The predicted octanol–water partition coefficient (Wildman–Crippen LogP) is 4.03. The number of ether oxygens (including phenoxy) is 1. The Morgan fingerprint density at radius 1 is 1.16 bits per heavy atom. The van der Waals surface area contributed by atoms with Crippen LogP contribution in [-0.4, -0.2) is 18.0 Å². The molecule has 106 valence electrons. The molecule has 0 unspecified atom stereocenters. The van der Waals surface area contributed by atoms with E-state index < -0.39 is 41.1 Å². The fourth-order valence-corrected chi connectivity index (χ4v) is 1.41. The molecule has 0 radical (unpaired) electrons. The third kappa shape index (κ3) is 4.30. The average Bonchev–Trinajstić information content (AvgIpc) is 2.24. The maximum atomic E-state index is 12.6. The first-order valence-electron chi connectivity index (χ1n) is 4.61. The molecule has 1 rings (SSSR count). The van der Waals surface area contributed by atoms with Crippen LogP contribution >= 0.6 is 11.6 Å². The van der Waals surface area contributed by atoms with Crippen molar-refractivity contribution in [2.24, 2.45) is 0 Å². The number of rotatable bonds is 3. The van der Waals surface area contributed by atoms with Crippen LogP contribution in [0.3, 0.4) is 0 Å². The topological polar surface area (TPSA) is 26.3 Å². The molecule has 0 amide bonds. The number of Topliss-reactive ketones (excluding diaryl/α,β-unsaturated/α-hetero) is 1. The van der Waals surface area contributed by atoms with Crippen LogP contribution in [0.4, 0.5) is 26.3 Å². The number of hydrogen-bond acceptors (Lipinski definition) is 2. The standard InChI is InChI=1S/C10H5ClF6O2/c11-4-8(18)6-3-5(19-10(15,16)17)1-2-7(6)9(12,13)14/h1-3H,4H2. The highest BCUT2D eigenvalue weighted by Gasteiger charge is 2.36. The van der Waals surface area contributed by atoms with Crippen molar-refractivity contribution in [2.45, 2.75) is 12.5 Å². The molecule has 0 bridgehead atoms. The predicted molar refractivity (Wildman–Crippen MR) is 53.2 cm³/mol. The van der Waals surface area contributed by atoms with Crippen molar-refractivity contribution in [3.63, 3.8) is 0 Å². The van der Waals surface area contributed by atoms with Gasteiger partial charge in [0.05, 0.1) is 11.4 Å². The summed E-state index contributed by atoms with van der Waals surface area (Å²) < 4.78 is 76.9. The molecule has 0 fully saturated rings. The van der Waals surface area contributed by atoms with E-state index >= 15 is 0 Å². The Morgan fingerprint density at radius 2 is 1.74 bits per heavy atom. The molecule has 0 aliphatic rings. The second kappa shape index (κ2) is 5.28. The molecular formula is C10H5ClF6O2. The first kappa shape index (κ1) is 15.6. The van der Waals surface area contributed by atoms with Gasteiger partial charge in [0.2, 0.25) is 0 Å². The molecule has 0 aromatic heterocycles. The van der Waals surface area contributed by atoms with Crippen LogP contribution in [0.1, 0.15) is 15.9 Å². The van der Waals surface area contributed by atoms with E-state index in [9.17, 15) is 31.1 Å². The second-order valence-electron chi connectivity index (χ2n) is 3.31. The van der Waals surface area contributed by atoms with Crippen molar-refractivity contribution in [3.05, 3.63) is 29.3 Å². The highest BCUT2D eigenvalue weighted by atomic mass is 35.5. The molecular weight excluding hydrogens is 302 g/mol. The summed E-state index contributed by atoms with van der Waals surface area (Å²) in [7, 11) is 0. The lowest BCUT2D eigenvalue weighted by atomic mass is 10.0. The fraction of sp³-hybridized carbons (Fsp3) is 0.300. The monoisotopic (exact) mass is 306 g/mol. The summed E-state index contributed by atoms with van der Waals surface area (Å²) in [6, 6.07) is 1.17. The molecule has 0 atom stereocenters. The Bertz CT molecular complexity index is 480. The maximum absolute atomic E-state index is 12.6. The highest BCUT2D eigenvalue weighted by molar-refractivity contribution is 6.30. The van der Waals surface area contributed by atoms with Gasteiger partial charge in [0.25, 0.3) is 0 Å². The molecule has 19 heavy (non-hydrogen) atoms. The van der Waals surface area contributed by atoms with E-state index in [-0.39, 0.29) is 0 Å². The van der Waals surface area contributed by atoms with Gasteiger partial charge in [0.15, 0.2) is 5.78 Å². The van der Waals surface area contributed by atoms with Gasteiger partial charge in [0, 0.05) is 5.56 Å². The maximum Gasteiger partial charge on any atom is 0.573 e. The van der Waals surface area contributed by atoms with E-state index in [1.807, 2.05) is 0 Å². The first-order chi connectivity index (χ1) is 8.54. The molecule has 0 aliphatic carbocycles. The van der Waals surface area contributed by atoms with E-state index in [0.717, 1.165) is 0 Å². The van der Waals surface area contributed by atoms with Gasteiger partial charge in [-0.15, -0.1) is 24.8 Å². The number of carbonyl (C=O) groups is 1. The number of halogens is 7. The molecule has 1 aromatic rings. The van der Waals surface area contributed by atoms with Crippen molar-refractivity contribution in [1.82, 2.24) is 0 Å². The summed E-state index contributed by atoms with van der Waals surface area (Å²) in [6.45, 7) is 0. The fourth-order valence-electron chi connectivity index (χ4n) is 1.27. The Hall–Kier alpha value is -1.44. The Morgan fingerprint density at radius 3 is 2.16 bits per heavy atom. The Kier molecular flexibility index (Phi) is 4.34. The second-order valence-corrected chi connectivity index (χ2v) is 3.58. The third-order valence-electron chi connectivity index (χ3n) is 1.95. The van der Waals surface area contributed by atoms with Gasteiger partial charge in [-0.2, -0.15) is 13.2 Å². The lowest BCUT2D eigenvalue weighted by molar-refractivity contribution is -0.274. The van der Waals surface area contributed by atoms with Crippen LogP contribution in [-0.2, 0) is 6.18 Å². The number of hydrogen-bond donors (Lipinski definition) is 0. The first-order valence-corrected chi connectivity index (χ1v) is 5.14. The van der Waals surface area contributed by atoms with E-state index in [1.165, 1.54) is 0 Å². The van der Waals surface area contributed by atoms with Gasteiger partial charge in [-0.05, 0) is 18.2 Å². The van der Waals surface area contributed by atoms with Gasteiger partial charge in [-0.3, -0.25) is 4.79 Å². The number of carbonyl (C=O) groups excluding carboxylic acids is 1. The van der Waals surface area contributed by atoms with Crippen molar-refractivity contribution >= 4 is 17.4 Å². The van der Waals surface area contributed by atoms with Gasteiger partial charge < -0.3 is 4.74 Å². The van der Waals surface area contributed by atoms with E-state index in [4.69, 9.17) is 11.6 Å². The lowest BCUT2D eigenvalue weighted by Crippen LogP contribution is -2.19. The van der Waals surface area contributed by atoms with E-state index in [2.05, 4.69) is 4.74 Å². The summed E-state index contributed by atoms with van der Waals surface area (Å²) in [6.07, 6.45) is -9.95. The van der Waals surface area contributed by atoms with E-state index in [1.54, 1.807) is 0 Å². The van der Waals surface area contributed by atoms with Crippen LogP contribution in [0, 0.1) is 0 Å². The van der Waals surface area contributed by atoms with Gasteiger partial charge >= 0.3 is 12.5 Å². The summed E-state index contributed by atoms with van der Waals surface area (Å²) in [5.41, 5.74) is -2.34. The smallest absolute Gasteiger partial charge is 0.406 e. The Labute approximate surface area is 107 Å². The van der Waals surface area contributed by atoms with Crippen LogP contribution in [0.15, 0.2) is 18.2 Å². The largest absolute Gasteiger partial charge is 0.573 e.